The molecule has 0 bridgehead atoms. The Labute approximate surface area is 81.7 Å². The van der Waals surface area contributed by atoms with Crippen LogP contribution in [0.2, 0.25) is 0 Å². The Morgan fingerprint density at radius 1 is 1.25 bits per heavy atom. The van der Waals surface area contributed by atoms with Gasteiger partial charge >= 0.3 is 0 Å². The van der Waals surface area contributed by atoms with Crippen molar-refractivity contribution in [2.45, 2.75) is 46.1 Å². The molecule has 0 rings (SSSR count). The summed E-state index contributed by atoms with van der Waals surface area (Å²) in [6.07, 6.45) is 4.09. The molecular formula is C10H23NS. The SMILES string of the molecule is CCNC(C)CCCCSCC. The lowest BCUT2D eigenvalue weighted by Crippen LogP contribution is -2.25. The third kappa shape index (κ3) is 8.41. The number of hydrogen-bond acceptors (Lipinski definition) is 2. The number of unbranched alkanes of at least 4 members (excludes halogenated alkanes) is 1. The Kier molecular flexibility index (Phi) is 9.64. The summed E-state index contributed by atoms with van der Waals surface area (Å²) in [5, 5.41) is 3.43. The van der Waals surface area contributed by atoms with Crippen LogP contribution in [0.15, 0.2) is 0 Å². The van der Waals surface area contributed by atoms with Crippen molar-refractivity contribution in [2.24, 2.45) is 0 Å². The minimum Gasteiger partial charge on any atom is -0.315 e. The summed E-state index contributed by atoms with van der Waals surface area (Å²) in [4.78, 5) is 0. The maximum Gasteiger partial charge on any atom is 0.00386 e. The van der Waals surface area contributed by atoms with E-state index in [2.05, 4.69) is 37.8 Å². The zero-order valence-electron chi connectivity index (χ0n) is 8.73. The summed E-state index contributed by atoms with van der Waals surface area (Å²) in [5.41, 5.74) is 0. The highest BCUT2D eigenvalue weighted by Gasteiger charge is 1.97. The Hall–Kier alpha value is 0.310. The van der Waals surface area contributed by atoms with Crippen molar-refractivity contribution in [2.75, 3.05) is 18.1 Å². The van der Waals surface area contributed by atoms with Crippen molar-refractivity contribution in [1.82, 2.24) is 5.32 Å². The van der Waals surface area contributed by atoms with Gasteiger partial charge in [-0.1, -0.05) is 20.3 Å². The first-order valence-corrected chi connectivity index (χ1v) is 6.27. The molecule has 74 valence electrons. The molecule has 0 aromatic rings. The topological polar surface area (TPSA) is 12.0 Å². The van der Waals surface area contributed by atoms with Crippen molar-refractivity contribution in [3.05, 3.63) is 0 Å². The Morgan fingerprint density at radius 2 is 2.00 bits per heavy atom. The second-order valence-corrected chi connectivity index (χ2v) is 4.55. The van der Waals surface area contributed by atoms with Gasteiger partial charge in [-0.3, -0.25) is 0 Å². The van der Waals surface area contributed by atoms with Crippen LogP contribution >= 0.6 is 11.8 Å². The normalized spacial score (nSPS) is 13.2. The van der Waals surface area contributed by atoms with Gasteiger partial charge in [-0.2, -0.15) is 11.8 Å². The molecule has 0 aromatic carbocycles. The predicted molar refractivity (Wildman–Crippen MR) is 60.0 cm³/mol. The second kappa shape index (κ2) is 9.40. The largest absolute Gasteiger partial charge is 0.315 e. The van der Waals surface area contributed by atoms with Gasteiger partial charge in [-0.15, -0.1) is 0 Å². The summed E-state index contributed by atoms with van der Waals surface area (Å²) in [5.74, 6) is 2.61. The van der Waals surface area contributed by atoms with E-state index in [1.165, 1.54) is 30.8 Å². The first-order chi connectivity index (χ1) is 5.81. The summed E-state index contributed by atoms with van der Waals surface area (Å²) < 4.78 is 0. The summed E-state index contributed by atoms with van der Waals surface area (Å²) in [7, 11) is 0. The molecule has 0 spiro atoms. The van der Waals surface area contributed by atoms with Gasteiger partial charge in [0, 0.05) is 6.04 Å². The van der Waals surface area contributed by atoms with Crippen molar-refractivity contribution < 1.29 is 0 Å². The molecule has 0 radical (unpaired) electrons. The Bertz CT molecular complexity index is 85.9. The van der Waals surface area contributed by atoms with Crippen LogP contribution in [0, 0.1) is 0 Å². The third-order valence-corrected chi connectivity index (χ3v) is 2.92. The van der Waals surface area contributed by atoms with Crippen molar-refractivity contribution in [1.29, 1.82) is 0 Å². The zero-order chi connectivity index (χ0) is 9.23. The predicted octanol–water partition coefficient (Wildman–Crippen LogP) is 2.91. The zero-order valence-corrected chi connectivity index (χ0v) is 9.54. The van der Waals surface area contributed by atoms with Crippen molar-refractivity contribution >= 4 is 11.8 Å². The van der Waals surface area contributed by atoms with Gasteiger partial charge in [-0.25, -0.2) is 0 Å². The second-order valence-electron chi connectivity index (χ2n) is 3.15. The number of nitrogens with one attached hydrogen (secondary N) is 1. The average molecular weight is 189 g/mol. The number of hydrogen-bond donors (Lipinski definition) is 1. The molecule has 1 nitrogen and oxygen atoms in total. The van der Waals surface area contributed by atoms with Gasteiger partial charge < -0.3 is 5.32 Å². The molecule has 12 heavy (non-hydrogen) atoms. The fourth-order valence-electron chi connectivity index (χ4n) is 1.25. The molecule has 0 saturated carbocycles. The summed E-state index contributed by atoms with van der Waals surface area (Å²) >= 11 is 2.05. The van der Waals surface area contributed by atoms with Gasteiger partial charge in [0.15, 0.2) is 0 Å². The molecule has 0 amide bonds. The van der Waals surface area contributed by atoms with Crippen LogP contribution < -0.4 is 5.32 Å². The van der Waals surface area contributed by atoms with Crippen LogP contribution in [0.1, 0.15) is 40.0 Å². The van der Waals surface area contributed by atoms with Gasteiger partial charge in [0.25, 0.3) is 0 Å². The standard InChI is InChI=1S/C10H23NS/c1-4-11-10(3)8-6-7-9-12-5-2/h10-11H,4-9H2,1-3H3. The summed E-state index contributed by atoms with van der Waals surface area (Å²) in [6.45, 7) is 7.77. The van der Waals surface area contributed by atoms with E-state index < -0.39 is 0 Å². The average Bonchev–Trinajstić information content (AvgIpc) is 2.05. The van der Waals surface area contributed by atoms with Crippen LogP contribution in [-0.4, -0.2) is 24.1 Å². The quantitative estimate of drug-likeness (QED) is 0.589. The first-order valence-electron chi connectivity index (χ1n) is 5.12. The van der Waals surface area contributed by atoms with E-state index in [0.29, 0.717) is 6.04 Å². The van der Waals surface area contributed by atoms with Gasteiger partial charge in [0.05, 0.1) is 0 Å². The number of rotatable bonds is 8. The highest BCUT2D eigenvalue weighted by atomic mass is 32.2. The van der Waals surface area contributed by atoms with Crippen molar-refractivity contribution in [3.8, 4) is 0 Å². The van der Waals surface area contributed by atoms with Crippen LogP contribution in [0.4, 0.5) is 0 Å². The minimum absolute atomic E-state index is 0.710. The Morgan fingerprint density at radius 3 is 2.58 bits per heavy atom. The van der Waals surface area contributed by atoms with E-state index >= 15 is 0 Å². The van der Waals surface area contributed by atoms with E-state index in [1.807, 2.05) is 0 Å². The molecule has 0 fully saturated rings. The Balaban J connectivity index is 2.97. The fraction of sp³-hybridized carbons (Fsp3) is 1.00. The third-order valence-electron chi connectivity index (χ3n) is 1.93. The van der Waals surface area contributed by atoms with Gasteiger partial charge in [0.2, 0.25) is 0 Å². The molecule has 2 heteroatoms. The monoisotopic (exact) mass is 189 g/mol. The highest BCUT2D eigenvalue weighted by Crippen LogP contribution is 2.06. The van der Waals surface area contributed by atoms with Crippen LogP contribution in [0.5, 0.6) is 0 Å². The molecule has 1 unspecified atom stereocenters. The summed E-state index contributed by atoms with van der Waals surface area (Å²) in [6, 6.07) is 0.710. The van der Waals surface area contributed by atoms with Crippen molar-refractivity contribution in [3.63, 3.8) is 0 Å². The maximum atomic E-state index is 3.43. The lowest BCUT2D eigenvalue weighted by molar-refractivity contribution is 0.510. The first kappa shape index (κ1) is 12.3. The van der Waals surface area contributed by atoms with E-state index in [-0.39, 0.29) is 0 Å². The van der Waals surface area contributed by atoms with Gasteiger partial charge in [-0.05, 0) is 37.8 Å². The molecule has 0 aromatic heterocycles. The fourth-order valence-corrected chi connectivity index (χ4v) is 1.95. The molecule has 0 aliphatic carbocycles. The van der Waals surface area contributed by atoms with E-state index in [9.17, 15) is 0 Å². The molecular weight excluding hydrogens is 166 g/mol. The molecule has 0 aliphatic heterocycles. The number of thioether (sulfide) groups is 1. The molecule has 1 N–H and O–H groups in total. The molecule has 0 saturated heterocycles. The minimum atomic E-state index is 0.710. The van der Waals surface area contributed by atoms with E-state index in [4.69, 9.17) is 0 Å². The lowest BCUT2D eigenvalue weighted by Gasteiger charge is -2.11. The lowest BCUT2D eigenvalue weighted by atomic mass is 10.1. The van der Waals surface area contributed by atoms with Crippen LogP contribution in [-0.2, 0) is 0 Å². The van der Waals surface area contributed by atoms with Crippen LogP contribution in [0.3, 0.4) is 0 Å². The van der Waals surface area contributed by atoms with Crippen LogP contribution in [0.25, 0.3) is 0 Å². The van der Waals surface area contributed by atoms with E-state index in [1.54, 1.807) is 0 Å². The molecule has 0 aliphatic rings. The highest BCUT2D eigenvalue weighted by molar-refractivity contribution is 7.99. The molecule has 0 heterocycles. The maximum absolute atomic E-state index is 3.43. The smallest absolute Gasteiger partial charge is 0.00386 e. The van der Waals surface area contributed by atoms with Gasteiger partial charge in [0.1, 0.15) is 0 Å². The van der Waals surface area contributed by atoms with E-state index in [0.717, 1.165) is 6.54 Å². The molecule has 1 atom stereocenters.